The van der Waals surface area contributed by atoms with Crippen LogP contribution in [-0.2, 0) is 27.9 Å². The van der Waals surface area contributed by atoms with E-state index in [0.29, 0.717) is 34.5 Å². The Bertz CT molecular complexity index is 1650. The number of benzene rings is 1. The molecule has 0 radical (unpaired) electrons. The van der Waals surface area contributed by atoms with Crippen LogP contribution < -0.4 is 20.5 Å². The molecule has 3 aromatic heterocycles. The molecule has 1 N–H and O–H groups in total. The van der Waals surface area contributed by atoms with Crippen LogP contribution in [0.5, 0.6) is 5.75 Å². The van der Waals surface area contributed by atoms with Crippen molar-refractivity contribution >= 4 is 43.4 Å². The number of carbonyl (C=O) groups excluding carboxylic acids is 1. The lowest BCUT2D eigenvalue weighted by Crippen LogP contribution is -2.49. The number of amides is 1. The third-order valence-electron chi connectivity index (χ3n) is 6.43. The van der Waals surface area contributed by atoms with Crippen LogP contribution in [0.3, 0.4) is 0 Å². The Balaban J connectivity index is 1.34. The average molecular weight is 570 g/mol. The molecular formula is C25H27N7O5S2. The van der Waals surface area contributed by atoms with Crippen LogP contribution in [0.4, 0.5) is 5.95 Å². The molecule has 0 spiro atoms. The summed E-state index contributed by atoms with van der Waals surface area (Å²) in [5, 5.41) is 2.78. The van der Waals surface area contributed by atoms with Gasteiger partial charge in [-0.2, -0.15) is 4.31 Å². The maximum absolute atomic E-state index is 13.7. The van der Waals surface area contributed by atoms with E-state index in [1.807, 2.05) is 17.0 Å². The van der Waals surface area contributed by atoms with Crippen molar-refractivity contribution in [3.05, 3.63) is 69.8 Å². The first-order valence-corrected chi connectivity index (χ1v) is 14.4. The van der Waals surface area contributed by atoms with Gasteiger partial charge in [0, 0.05) is 50.0 Å². The van der Waals surface area contributed by atoms with E-state index >= 15 is 0 Å². The van der Waals surface area contributed by atoms with Gasteiger partial charge in [0.2, 0.25) is 21.9 Å². The van der Waals surface area contributed by atoms with Gasteiger partial charge in [0.25, 0.3) is 5.56 Å². The van der Waals surface area contributed by atoms with Crippen LogP contribution in [0.25, 0.3) is 10.2 Å². The Morgan fingerprint density at radius 2 is 1.77 bits per heavy atom. The van der Waals surface area contributed by atoms with Gasteiger partial charge in [-0.1, -0.05) is 12.1 Å². The number of ether oxygens (including phenoxy) is 1. The second-order valence-electron chi connectivity index (χ2n) is 8.91. The quantitative estimate of drug-likeness (QED) is 0.333. The number of aromatic nitrogens is 4. The fourth-order valence-corrected chi connectivity index (χ4v) is 7.49. The number of piperazine rings is 1. The minimum atomic E-state index is -3.99. The van der Waals surface area contributed by atoms with E-state index in [-0.39, 0.29) is 36.5 Å². The fourth-order valence-electron chi connectivity index (χ4n) is 4.40. The van der Waals surface area contributed by atoms with Crippen molar-refractivity contribution in [2.45, 2.75) is 24.9 Å². The minimum Gasteiger partial charge on any atom is -0.497 e. The number of sulfonamides is 1. The zero-order chi connectivity index (χ0) is 27.6. The first kappa shape index (κ1) is 26.7. The molecule has 1 saturated heterocycles. The third-order valence-corrected chi connectivity index (χ3v) is 9.65. The molecule has 39 heavy (non-hydrogen) atoms. The highest BCUT2D eigenvalue weighted by Crippen LogP contribution is 2.33. The van der Waals surface area contributed by atoms with Gasteiger partial charge in [-0.15, -0.1) is 11.3 Å². The number of fused-ring (bicyclic) bond motifs is 1. The summed E-state index contributed by atoms with van der Waals surface area (Å²) in [7, 11) is -2.41. The molecule has 0 bridgehead atoms. The zero-order valence-electron chi connectivity index (χ0n) is 21.4. The number of aryl methyl sites for hydroxylation is 1. The average Bonchev–Trinajstić information content (AvgIpc) is 3.31. The molecule has 14 heteroatoms. The number of carbonyl (C=O) groups is 1. The Hall–Kier alpha value is -3.88. The number of hydrogen-bond donors (Lipinski definition) is 1. The van der Waals surface area contributed by atoms with Gasteiger partial charge in [0.05, 0.1) is 18.8 Å². The lowest BCUT2D eigenvalue weighted by Gasteiger charge is -2.33. The molecule has 12 nitrogen and oxygen atoms in total. The topological polar surface area (TPSA) is 140 Å². The molecule has 4 heterocycles. The highest BCUT2D eigenvalue weighted by Gasteiger charge is 2.34. The maximum Gasteiger partial charge on any atom is 0.263 e. The number of thiophene rings is 1. The summed E-state index contributed by atoms with van der Waals surface area (Å²) in [6, 6.07) is 8.97. The molecular weight excluding hydrogens is 542 g/mol. The first-order valence-electron chi connectivity index (χ1n) is 12.2. The maximum atomic E-state index is 13.7. The summed E-state index contributed by atoms with van der Waals surface area (Å²) in [6.45, 7) is 2.92. The van der Waals surface area contributed by atoms with Crippen LogP contribution in [0, 0.1) is 6.92 Å². The Morgan fingerprint density at radius 3 is 2.44 bits per heavy atom. The fraction of sp³-hybridized carbons (Fsp3) is 0.320. The number of methoxy groups -OCH3 is 1. The Morgan fingerprint density at radius 1 is 1.08 bits per heavy atom. The van der Waals surface area contributed by atoms with E-state index in [4.69, 9.17) is 4.74 Å². The van der Waals surface area contributed by atoms with Gasteiger partial charge in [-0.25, -0.2) is 23.4 Å². The predicted molar refractivity (Wildman–Crippen MR) is 146 cm³/mol. The zero-order valence-corrected chi connectivity index (χ0v) is 23.0. The van der Waals surface area contributed by atoms with Crippen molar-refractivity contribution in [1.29, 1.82) is 0 Å². The van der Waals surface area contributed by atoms with E-state index in [1.165, 1.54) is 10.6 Å². The first-order chi connectivity index (χ1) is 18.8. The third kappa shape index (κ3) is 5.48. The predicted octanol–water partition coefficient (Wildman–Crippen LogP) is 1.39. The summed E-state index contributed by atoms with van der Waals surface area (Å²) in [6.07, 6.45) is 4.57. The molecule has 1 aliphatic rings. The van der Waals surface area contributed by atoms with Crippen LogP contribution in [0.1, 0.15) is 10.4 Å². The lowest BCUT2D eigenvalue weighted by molar-refractivity contribution is -0.121. The van der Waals surface area contributed by atoms with E-state index in [1.54, 1.807) is 44.6 Å². The molecule has 0 aliphatic carbocycles. The number of anilines is 1. The van der Waals surface area contributed by atoms with Gasteiger partial charge < -0.3 is 15.0 Å². The highest BCUT2D eigenvalue weighted by molar-refractivity contribution is 7.89. The summed E-state index contributed by atoms with van der Waals surface area (Å²) >= 11 is 1.15. The highest BCUT2D eigenvalue weighted by atomic mass is 32.2. The Kier molecular flexibility index (Phi) is 7.59. The van der Waals surface area contributed by atoms with Gasteiger partial charge in [-0.3, -0.25) is 14.2 Å². The van der Waals surface area contributed by atoms with Crippen molar-refractivity contribution < 1.29 is 17.9 Å². The standard InChI is InChI=1S/C25H27N7O5S2/c1-17-22(39(35,36)32-12-10-30(11-13-32)25-26-8-3-9-27-25)21-23(38-17)29-16-31(24(21)34)15-20(33)28-14-18-4-6-19(37-2)7-5-18/h3-9,16H,10-15H2,1-2H3,(H,28,33). The Labute approximate surface area is 229 Å². The van der Waals surface area contributed by atoms with Crippen molar-refractivity contribution in [3.63, 3.8) is 0 Å². The van der Waals surface area contributed by atoms with Gasteiger partial charge in [0.15, 0.2) is 0 Å². The SMILES string of the molecule is COc1ccc(CNC(=O)Cn2cnc3sc(C)c(S(=O)(=O)N4CCN(c5ncccn5)CC4)c3c2=O)cc1. The molecule has 0 saturated carbocycles. The largest absolute Gasteiger partial charge is 0.497 e. The van der Waals surface area contributed by atoms with E-state index in [0.717, 1.165) is 21.5 Å². The number of nitrogens with one attached hydrogen (secondary N) is 1. The van der Waals surface area contributed by atoms with Crippen molar-refractivity contribution in [2.75, 3.05) is 38.2 Å². The molecule has 1 fully saturated rings. The number of rotatable bonds is 8. The molecule has 1 aromatic carbocycles. The number of hydrogen-bond acceptors (Lipinski definition) is 10. The van der Waals surface area contributed by atoms with Crippen molar-refractivity contribution in [1.82, 2.24) is 29.1 Å². The molecule has 0 atom stereocenters. The van der Waals surface area contributed by atoms with Gasteiger partial charge >= 0.3 is 0 Å². The van der Waals surface area contributed by atoms with Crippen LogP contribution in [-0.4, -0.2) is 71.4 Å². The van der Waals surface area contributed by atoms with Gasteiger partial charge in [-0.05, 0) is 30.7 Å². The summed E-state index contributed by atoms with van der Waals surface area (Å²) < 4.78 is 35.1. The van der Waals surface area contributed by atoms with E-state index < -0.39 is 21.5 Å². The molecule has 204 valence electrons. The smallest absolute Gasteiger partial charge is 0.263 e. The monoisotopic (exact) mass is 569 g/mol. The van der Waals surface area contributed by atoms with E-state index in [2.05, 4.69) is 20.3 Å². The molecule has 1 amide bonds. The van der Waals surface area contributed by atoms with E-state index in [9.17, 15) is 18.0 Å². The summed E-state index contributed by atoms with van der Waals surface area (Å²) in [5.74, 6) is 0.855. The second-order valence-corrected chi connectivity index (χ2v) is 12.0. The molecule has 1 aliphatic heterocycles. The van der Waals surface area contributed by atoms with Crippen LogP contribution in [0.2, 0.25) is 0 Å². The van der Waals surface area contributed by atoms with Crippen molar-refractivity contribution in [3.8, 4) is 5.75 Å². The van der Waals surface area contributed by atoms with Gasteiger partial charge in [0.1, 0.15) is 22.0 Å². The molecule has 4 aromatic rings. The second kappa shape index (κ2) is 11.1. The molecule has 0 unspecified atom stereocenters. The summed E-state index contributed by atoms with van der Waals surface area (Å²) in [4.78, 5) is 41.5. The van der Waals surface area contributed by atoms with Crippen molar-refractivity contribution in [2.24, 2.45) is 0 Å². The number of nitrogens with zero attached hydrogens (tertiary/aromatic N) is 6. The minimum absolute atomic E-state index is 0.0109. The molecule has 5 rings (SSSR count). The van der Waals surface area contributed by atoms with Crippen LogP contribution >= 0.6 is 11.3 Å². The summed E-state index contributed by atoms with van der Waals surface area (Å²) in [5.41, 5.74) is 0.296. The van der Waals surface area contributed by atoms with Crippen LogP contribution in [0.15, 0.2) is 58.7 Å². The normalized spacial score (nSPS) is 14.5. The lowest BCUT2D eigenvalue weighted by atomic mass is 10.2.